The maximum absolute atomic E-state index is 12.7. The summed E-state index contributed by atoms with van der Waals surface area (Å²) >= 11 is 0.452. The van der Waals surface area contributed by atoms with Crippen molar-refractivity contribution in [3.8, 4) is 0 Å². The quantitative estimate of drug-likeness (QED) is 0.0859. The molecule has 3 aromatic rings. The molecule has 0 aliphatic carbocycles. The van der Waals surface area contributed by atoms with Crippen LogP contribution < -0.4 is 32.4 Å². The average molecular weight is 568 g/mol. The summed E-state index contributed by atoms with van der Waals surface area (Å²) in [6.07, 6.45) is 0. The van der Waals surface area contributed by atoms with Gasteiger partial charge < -0.3 is 0 Å². The fourth-order valence-corrected chi connectivity index (χ4v) is 3.65. The Morgan fingerprint density at radius 3 is 2.11 bits per heavy atom. The van der Waals surface area contributed by atoms with Gasteiger partial charge in [0.05, 0.1) is 21.9 Å². The normalized spacial score (nSPS) is 12.4. The van der Waals surface area contributed by atoms with Crippen LogP contribution in [0.2, 0.25) is 0 Å². The molecule has 0 aliphatic heterocycles. The van der Waals surface area contributed by atoms with Crippen molar-refractivity contribution in [2.45, 2.75) is 9.79 Å². The highest BCUT2D eigenvalue weighted by Gasteiger charge is 2.20. The molecule has 0 saturated heterocycles. The summed E-state index contributed by atoms with van der Waals surface area (Å²) in [4.78, 5) is 45.2. The first kappa shape index (κ1) is 28.0. The van der Waals surface area contributed by atoms with E-state index >= 15 is 0 Å². The summed E-state index contributed by atoms with van der Waals surface area (Å²) in [5, 5.41) is 40.4. The molecule has 0 fully saturated rings. The van der Waals surface area contributed by atoms with Gasteiger partial charge in [-0.3, -0.25) is 45.2 Å². The van der Waals surface area contributed by atoms with Crippen molar-refractivity contribution in [3.05, 3.63) is 99.9 Å². The molecule has 18 nitrogen and oxygen atoms in total. The molecule has 4 N–H and O–H groups in total. The number of hydrogen-bond donors (Lipinski definition) is 4. The van der Waals surface area contributed by atoms with E-state index < -0.39 is 57.8 Å². The van der Waals surface area contributed by atoms with Crippen molar-refractivity contribution >= 4 is 44.9 Å². The van der Waals surface area contributed by atoms with Gasteiger partial charge in [0.25, 0.3) is 21.5 Å². The number of rotatable bonds is 10. The fourth-order valence-electron chi connectivity index (χ4n) is 2.75. The van der Waals surface area contributed by atoms with Gasteiger partial charge in [0.1, 0.15) is 21.6 Å². The minimum Gasteiger partial charge on any atom is -0.287 e. The first-order chi connectivity index (χ1) is 17.9. The predicted octanol–water partition coefficient (Wildman–Crippen LogP) is 0.630. The van der Waals surface area contributed by atoms with Crippen LogP contribution in [-0.4, -0.2) is 28.1 Å². The Bertz CT molecular complexity index is 1750. The second-order valence-electron chi connectivity index (χ2n) is 6.78. The van der Waals surface area contributed by atoms with Gasteiger partial charge in [-0.2, -0.15) is 18.6 Å². The zero-order valence-electron chi connectivity index (χ0n) is 18.2. The molecule has 3 aromatic carbocycles. The van der Waals surface area contributed by atoms with E-state index in [1.807, 2.05) is 0 Å². The highest BCUT2D eigenvalue weighted by molar-refractivity contribution is 7.94. The topological polar surface area (TPSA) is 262 Å². The molecule has 0 aromatic heterocycles. The Balaban J connectivity index is 2.00. The molecular weight excluding hydrogens is 556 g/mol. The SMILES string of the molecule is O=c1ccc(=NNc2ccc(S(=O)(=O)O)cc2[N+](=O)[O-])c(=O)c1=NNc1ccc(SOOO)cc1[N+](=O)[O-]. The van der Waals surface area contributed by atoms with Crippen LogP contribution in [-0.2, 0) is 19.5 Å². The maximum atomic E-state index is 12.7. The molecule has 20 heteroatoms. The number of nitro groups is 2. The van der Waals surface area contributed by atoms with E-state index in [0.29, 0.717) is 18.1 Å². The number of nitrogens with one attached hydrogen (secondary N) is 2. The highest BCUT2D eigenvalue weighted by atomic mass is 32.2. The van der Waals surface area contributed by atoms with Crippen LogP contribution >= 0.6 is 12.0 Å². The summed E-state index contributed by atoms with van der Waals surface area (Å²) in [7, 11) is -4.74. The predicted molar refractivity (Wildman–Crippen MR) is 126 cm³/mol. The van der Waals surface area contributed by atoms with Gasteiger partial charge in [0.15, 0.2) is 5.36 Å². The molecule has 0 unspecified atom stereocenters. The first-order valence-corrected chi connectivity index (χ1v) is 11.7. The van der Waals surface area contributed by atoms with Gasteiger partial charge >= 0.3 is 0 Å². The number of anilines is 2. The van der Waals surface area contributed by atoms with Crippen molar-refractivity contribution in [1.82, 2.24) is 0 Å². The van der Waals surface area contributed by atoms with E-state index in [-0.39, 0.29) is 16.3 Å². The Labute approximate surface area is 213 Å². The van der Waals surface area contributed by atoms with Crippen LogP contribution in [0.5, 0.6) is 0 Å². The van der Waals surface area contributed by atoms with Crippen molar-refractivity contribution in [3.63, 3.8) is 0 Å². The zero-order valence-corrected chi connectivity index (χ0v) is 19.8. The summed E-state index contributed by atoms with van der Waals surface area (Å²) in [6, 6.07) is 7.72. The minimum atomic E-state index is -4.74. The van der Waals surface area contributed by atoms with E-state index in [4.69, 9.17) is 9.81 Å². The Hall–Kier alpha value is -4.60. The van der Waals surface area contributed by atoms with Crippen LogP contribution in [0.4, 0.5) is 22.7 Å². The summed E-state index contributed by atoms with van der Waals surface area (Å²) in [5.74, 6) is 0. The summed E-state index contributed by atoms with van der Waals surface area (Å²) in [6.45, 7) is 0. The fraction of sp³-hybridized carbons (Fsp3) is 0. The second kappa shape index (κ2) is 11.6. The van der Waals surface area contributed by atoms with Gasteiger partial charge in [0.2, 0.25) is 10.9 Å². The van der Waals surface area contributed by atoms with Gasteiger partial charge in [0, 0.05) is 17.0 Å². The van der Waals surface area contributed by atoms with Crippen molar-refractivity contribution in [2.24, 2.45) is 10.2 Å². The smallest absolute Gasteiger partial charge is 0.287 e. The molecule has 0 amide bonds. The molecule has 38 heavy (non-hydrogen) atoms. The molecule has 0 atom stereocenters. The van der Waals surface area contributed by atoms with Crippen LogP contribution in [0, 0.1) is 20.2 Å². The Morgan fingerprint density at radius 2 is 1.50 bits per heavy atom. The Kier molecular flexibility index (Phi) is 8.57. The Morgan fingerprint density at radius 1 is 0.895 bits per heavy atom. The number of nitro benzene ring substituents is 2. The van der Waals surface area contributed by atoms with E-state index in [9.17, 15) is 38.2 Å². The van der Waals surface area contributed by atoms with Crippen LogP contribution in [0.25, 0.3) is 0 Å². The molecule has 3 rings (SSSR count). The lowest BCUT2D eigenvalue weighted by Crippen LogP contribution is -2.48. The average Bonchev–Trinajstić information content (AvgIpc) is 2.86. The number of hydrogen-bond acceptors (Lipinski definition) is 16. The molecular formula is C18H12N6O12S2. The zero-order chi connectivity index (χ0) is 28.0. The molecule has 0 saturated carbocycles. The number of benzene rings is 3. The van der Waals surface area contributed by atoms with E-state index in [1.54, 1.807) is 0 Å². The van der Waals surface area contributed by atoms with Gasteiger partial charge in [-0.1, -0.05) is 5.04 Å². The molecule has 0 bridgehead atoms. The van der Waals surface area contributed by atoms with Gasteiger partial charge in [-0.05, 0) is 36.4 Å². The third-order valence-corrected chi connectivity index (χ3v) is 5.87. The minimum absolute atomic E-state index is 0.149. The van der Waals surface area contributed by atoms with E-state index in [1.165, 1.54) is 12.1 Å². The van der Waals surface area contributed by atoms with Crippen LogP contribution in [0.1, 0.15) is 0 Å². The molecule has 0 spiro atoms. The number of nitrogens with zero attached hydrogens (tertiary/aromatic N) is 4. The monoisotopic (exact) mass is 568 g/mol. The third-order valence-electron chi connectivity index (χ3n) is 4.45. The summed E-state index contributed by atoms with van der Waals surface area (Å²) < 4.78 is 35.7. The van der Waals surface area contributed by atoms with E-state index in [0.717, 1.165) is 30.3 Å². The van der Waals surface area contributed by atoms with Crippen molar-refractivity contribution in [2.75, 3.05) is 10.9 Å². The van der Waals surface area contributed by atoms with E-state index in [2.05, 4.69) is 30.4 Å². The molecule has 198 valence electrons. The second-order valence-corrected chi connectivity index (χ2v) is 8.98. The lowest BCUT2D eigenvalue weighted by atomic mass is 10.3. The standard InChI is InChI=1S/C18H12N6O12S2/c25-16-6-5-13(21-19-12-4-2-10(38(32,33)34)8-15(12)24(29)30)18(26)17(16)22-20-11-3-1-9(37-36-35-31)7-14(11)23(27)28/h1-8,19-20,31H,(H,32,33,34). The third kappa shape index (κ3) is 6.58. The molecule has 0 radical (unpaired) electrons. The van der Waals surface area contributed by atoms with Gasteiger partial charge in [-0.15, -0.1) is 4.33 Å². The summed E-state index contributed by atoms with van der Waals surface area (Å²) in [5.41, 5.74) is 0.599. The lowest BCUT2D eigenvalue weighted by molar-refractivity contribution is -0.432. The molecule has 0 heterocycles. The van der Waals surface area contributed by atoms with Crippen molar-refractivity contribution < 1.29 is 37.4 Å². The maximum Gasteiger partial charge on any atom is 0.295 e. The highest BCUT2D eigenvalue weighted by Crippen LogP contribution is 2.30. The van der Waals surface area contributed by atoms with Crippen molar-refractivity contribution in [1.29, 1.82) is 0 Å². The first-order valence-electron chi connectivity index (χ1n) is 9.56. The largest absolute Gasteiger partial charge is 0.295 e. The van der Waals surface area contributed by atoms with Gasteiger partial charge in [-0.25, -0.2) is 5.26 Å². The van der Waals surface area contributed by atoms with Crippen LogP contribution in [0.15, 0.2) is 78.1 Å². The van der Waals surface area contributed by atoms with Crippen LogP contribution in [0.3, 0.4) is 0 Å². The lowest BCUT2D eigenvalue weighted by Gasteiger charge is -2.04. The molecule has 0 aliphatic rings.